The highest BCUT2D eigenvalue weighted by atomic mass is 19.1. The number of aliphatic hydroxyl groups is 1. The van der Waals surface area contributed by atoms with E-state index in [0.717, 1.165) is 5.56 Å². The minimum Gasteiger partial charge on any atom is -0.394 e. The number of nitrogens with one attached hydrogen (secondary N) is 1. The number of hydrogen-bond donors (Lipinski definition) is 2. The Bertz CT molecular complexity index is 961. The summed E-state index contributed by atoms with van der Waals surface area (Å²) in [7, 11) is 0. The van der Waals surface area contributed by atoms with Crippen molar-refractivity contribution in [2.24, 2.45) is 5.16 Å². The zero-order chi connectivity index (χ0) is 21.8. The lowest BCUT2D eigenvalue weighted by Crippen LogP contribution is -2.43. The number of hydrogen-bond acceptors (Lipinski definition) is 8. The van der Waals surface area contributed by atoms with Gasteiger partial charge in [0.2, 0.25) is 0 Å². The van der Waals surface area contributed by atoms with Crippen molar-refractivity contribution in [2.75, 3.05) is 19.8 Å². The lowest BCUT2D eigenvalue weighted by atomic mass is 10.0. The summed E-state index contributed by atoms with van der Waals surface area (Å²) in [6.07, 6.45) is -0.505. The molecular weight excluding hydrogens is 407 g/mol. The number of amides is 1. The van der Waals surface area contributed by atoms with E-state index in [1.807, 2.05) is 0 Å². The molecule has 1 aromatic heterocycles. The van der Waals surface area contributed by atoms with E-state index in [0.29, 0.717) is 36.9 Å². The molecule has 9 nitrogen and oxygen atoms in total. The van der Waals surface area contributed by atoms with Crippen LogP contribution >= 0.6 is 0 Å². The monoisotopic (exact) mass is 430 g/mol. The molecule has 2 N–H and O–H groups in total. The Morgan fingerprint density at radius 1 is 1.19 bits per heavy atom. The van der Waals surface area contributed by atoms with Gasteiger partial charge in [0.1, 0.15) is 35.3 Å². The molecule has 0 aliphatic carbocycles. The Kier molecular flexibility index (Phi) is 6.50. The van der Waals surface area contributed by atoms with Crippen LogP contribution in [0.15, 0.2) is 35.5 Å². The summed E-state index contributed by atoms with van der Waals surface area (Å²) in [5.41, 5.74) is 2.08. The van der Waals surface area contributed by atoms with Gasteiger partial charge in [0.15, 0.2) is 6.10 Å². The number of aliphatic hydroxyl groups excluding tert-OH is 1. The first kappa shape index (κ1) is 21.3. The van der Waals surface area contributed by atoms with Gasteiger partial charge in [0, 0.05) is 13.0 Å². The first-order valence-electron chi connectivity index (χ1n) is 9.97. The number of halogens is 1. The number of carbonyl (C=O) groups is 1. The Morgan fingerprint density at radius 2 is 2.00 bits per heavy atom. The second-order valence-corrected chi connectivity index (χ2v) is 7.39. The molecule has 1 saturated heterocycles. The molecule has 4 rings (SSSR count). The highest BCUT2D eigenvalue weighted by molar-refractivity contribution is 6.02. The molecule has 0 bridgehead atoms. The third-order valence-corrected chi connectivity index (χ3v) is 5.04. The molecule has 0 spiro atoms. The van der Waals surface area contributed by atoms with Crippen molar-refractivity contribution in [3.05, 3.63) is 58.9 Å². The number of aromatic nitrogens is 2. The maximum atomic E-state index is 13.0. The summed E-state index contributed by atoms with van der Waals surface area (Å²) in [5, 5.41) is 16.0. The van der Waals surface area contributed by atoms with E-state index in [9.17, 15) is 9.18 Å². The summed E-state index contributed by atoms with van der Waals surface area (Å²) < 4.78 is 24.3. The van der Waals surface area contributed by atoms with E-state index in [1.54, 1.807) is 25.1 Å². The molecule has 0 radical (unpaired) electrons. The van der Waals surface area contributed by atoms with Gasteiger partial charge >= 0.3 is 0 Å². The molecule has 3 heterocycles. The molecular formula is C21H23FN4O5. The molecule has 164 valence electrons. The zero-order valence-electron chi connectivity index (χ0n) is 17.0. The molecule has 10 heteroatoms. The predicted octanol–water partition coefficient (Wildman–Crippen LogP) is 1.12. The van der Waals surface area contributed by atoms with Gasteiger partial charge in [0.25, 0.3) is 5.91 Å². The summed E-state index contributed by atoms with van der Waals surface area (Å²) in [6.45, 7) is 2.45. The third-order valence-electron chi connectivity index (χ3n) is 5.04. The van der Waals surface area contributed by atoms with Crippen molar-refractivity contribution in [1.82, 2.24) is 15.3 Å². The first-order valence-corrected chi connectivity index (χ1v) is 9.97. The molecule has 3 atom stereocenters. The van der Waals surface area contributed by atoms with Gasteiger partial charge < -0.3 is 24.7 Å². The zero-order valence-corrected chi connectivity index (χ0v) is 17.0. The van der Waals surface area contributed by atoms with Gasteiger partial charge in [-0.1, -0.05) is 17.3 Å². The number of oxime groups is 1. The number of aryl methyl sites for hydroxylation is 1. The molecule has 2 aromatic rings. The van der Waals surface area contributed by atoms with Crippen LogP contribution < -0.4 is 5.32 Å². The maximum Gasteiger partial charge on any atom is 0.270 e. The third kappa shape index (κ3) is 5.22. The van der Waals surface area contributed by atoms with Gasteiger partial charge in [0.05, 0.1) is 25.5 Å². The van der Waals surface area contributed by atoms with Crippen LogP contribution in [-0.2, 0) is 20.9 Å². The fraction of sp³-hybridized carbons (Fsp3) is 0.429. The number of carbonyl (C=O) groups excluding carboxylic acids is 1. The van der Waals surface area contributed by atoms with Gasteiger partial charge in [-0.15, -0.1) is 0 Å². The van der Waals surface area contributed by atoms with Crippen LogP contribution in [0.1, 0.15) is 34.0 Å². The van der Waals surface area contributed by atoms with Crippen molar-refractivity contribution >= 4 is 11.6 Å². The Hall–Kier alpha value is -2.95. The van der Waals surface area contributed by atoms with Crippen molar-refractivity contribution < 1.29 is 28.6 Å². The van der Waals surface area contributed by atoms with Crippen molar-refractivity contribution in [3.8, 4) is 0 Å². The van der Waals surface area contributed by atoms with Crippen LogP contribution in [0.5, 0.6) is 0 Å². The topological polar surface area (TPSA) is 115 Å². The number of nitrogens with zero attached hydrogens (tertiary/aromatic N) is 3. The molecule has 2 aliphatic rings. The number of benzene rings is 1. The molecule has 31 heavy (non-hydrogen) atoms. The van der Waals surface area contributed by atoms with E-state index in [4.69, 9.17) is 19.4 Å². The van der Waals surface area contributed by atoms with E-state index in [2.05, 4.69) is 20.4 Å². The van der Waals surface area contributed by atoms with E-state index < -0.39 is 0 Å². The molecule has 1 amide bonds. The molecule has 1 aromatic carbocycles. The number of ether oxygens (including phenoxy) is 2. The standard InChI is InChI=1S/C21H23FN4O5/c1-12-24-16(17-7-19(31-26-17)20-11-29-15(9-27)10-30-20)6-18(25-12)21(28)23-8-13-2-4-14(22)5-3-13/h2-6,15,19-20,27H,7-11H2,1H3,(H,23,28)/t15?,19-,20?/m1/s1. The lowest BCUT2D eigenvalue weighted by molar-refractivity contribution is -0.178. The second-order valence-electron chi connectivity index (χ2n) is 7.39. The SMILES string of the molecule is Cc1nc(C(=O)NCc2ccc(F)cc2)cc(C2=NO[C@@H](C3COC(CO)CO3)C2)n1. The van der Waals surface area contributed by atoms with Crippen LogP contribution in [0.3, 0.4) is 0 Å². The van der Waals surface area contributed by atoms with Gasteiger partial charge in [-0.25, -0.2) is 14.4 Å². The van der Waals surface area contributed by atoms with E-state index in [1.165, 1.54) is 12.1 Å². The highest BCUT2D eigenvalue weighted by Crippen LogP contribution is 2.23. The van der Waals surface area contributed by atoms with Crippen molar-refractivity contribution in [3.63, 3.8) is 0 Å². The molecule has 2 unspecified atom stereocenters. The van der Waals surface area contributed by atoms with E-state index in [-0.39, 0.29) is 48.9 Å². The van der Waals surface area contributed by atoms with Crippen LogP contribution in [0.2, 0.25) is 0 Å². The highest BCUT2D eigenvalue weighted by Gasteiger charge is 2.35. The predicted molar refractivity (Wildman–Crippen MR) is 107 cm³/mol. The average Bonchev–Trinajstić information content (AvgIpc) is 3.28. The summed E-state index contributed by atoms with van der Waals surface area (Å²) in [6, 6.07) is 7.47. The smallest absolute Gasteiger partial charge is 0.270 e. The summed E-state index contributed by atoms with van der Waals surface area (Å²) in [4.78, 5) is 26.7. The fourth-order valence-corrected chi connectivity index (χ4v) is 3.33. The fourth-order valence-electron chi connectivity index (χ4n) is 3.33. The largest absolute Gasteiger partial charge is 0.394 e. The Balaban J connectivity index is 1.38. The quantitative estimate of drug-likeness (QED) is 0.706. The molecule has 2 aliphatic heterocycles. The normalized spacial score (nSPS) is 23.2. The second kappa shape index (κ2) is 9.46. The van der Waals surface area contributed by atoms with Crippen LogP contribution in [0, 0.1) is 12.7 Å². The van der Waals surface area contributed by atoms with Crippen molar-refractivity contribution in [1.29, 1.82) is 0 Å². The van der Waals surface area contributed by atoms with Crippen molar-refractivity contribution in [2.45, 2.75) is 38.2 Å². The number of rotatable bonds is 6. The average molecular weight is 430 g/mol. The van der Waals surface area contributed by atoms with Gasteiger partial charge in [-0.3, -0.25) is 4.79 Å². The minimum atomic E-state index is -0.369. The summed E-state index contributed by atoms with van der Waals surface area (Å²) >= 11 is 0. The summed E-state index contributed by atoms with van der Waals surface area (Å²) in [5.74, 6) is -0.271. The molecule has 1 fully saturated rings. The van der Waals surface area contributed by atoms with Crippen LogP contribution in [0.4, 0.5) is 4.39 Å². The van der Waals surface area contributed by atoms with Gasteiger partial charge in [-0.05, 0) is 30.7 Å². The molecule has 0 saturated carbocycles. The Labute approximate surface area is 178 Å². The van der Waals surface area contributed by atoms with Gasteiger partial charge in [-0.2, -0.15) is 0 Å². The van der Waals surface area contributed by atoms with Crippen LogP contribution in [-0.4, -0.2) is 64.8 Å². The minimum absolute atomic E-state index is 0.0911. The Morgan fingerprint density at radius 3 is 2.71 bits per heavy atom. The maximum absolute atomic E-state index is 13.0. The van der Waals surface area contributed by atoms with Crippen LogP contribution in [0.25, 0.3) is 0 Å². The lowest BCUT2D eigenvalue weighted by Gasteiger charge is -2.30. The first-order chi connectivity index (χ1) is 15.0. The van der Waals surface area contributed by atoms with E-state index >= 15 is 0 Å².